The summed E-state index contributed by atoms with van der Waals surface area (Å²) in [5, 5.41) is 1.18. The Labute approximate surface area is 153 Å². The Kier molecular flexibility index (Phi) is 5.50. The first-order valence-corrected chi connectivity index (χ1v) is 8.49. The van der Waals surface area contributed by atoms with Gasteiger partial charge >= 0.3 is 0 Å². The predicted molar refractivity (Wildman–Crippen MR) is 96.0 cm³/mol. The van der Waals surface area contributed by atoms with Gasteiger partial charge in [0.15, 0.2) is 6.10 Å². The van der Waals surface area contributed by atoms with Crippen LogP contribution in [-0.2, 0) is 14.4 Å². The van der Waals surface area contributed by atoms with E-state index in [4.69, 9.17) is 21.1 Å². The van der Waals surface area contributed by atoms with Crippen molar-refractivity contribution in [2.45, 2.75) is 6.10 Å². The molecule has 6 nitrogen and oxygen atoms in total. The minimum Gasteiger partial charge on any atom is -0.431 e. The SMILES string of the molecule is CONC(=O)C(OC)c1ccc(Oc2nc3ccc(Cl)cc3s2)cc1. The molecule has 3 rings (SSSR count). The fraction of sp³-hybridized carbons (Fsp3) is 0.176. The smallest absolute Gasteiger partial charge is 0.279 e. The van der Waals surface area contributed by atoms with E-state index in [9.17, 15) is 4.79 Å². The number of nitrogens with zero attached hydrogens (tertiary/aromatic N) is 1. The maximum absolute atomic E-state index is 11.9. The van der Waals surface area contributed by atoms with Crippen LogP contribution < -0.4 is 10.2 Å². The van der Waals surface area contributed by atoms with Crippen LogP contribution >= 0.6 is 22.9 Å². The van der Waals surface area contributed by atoms with Crippen LogP contribution in [0.15, 0.2) is 42.5 Å². The molecular formula is C17H15ClN2O4S. The fourth-order valence-electron chi connectivity index (χ4n) is 2.28. The minimum atomic E-state index is -0.765. The van der Waals surface area contributed by atoms with E-state index in [1.165, 1.54) is 25.6 Å². The Morgan fingerprint density at radius 2 is 1.96 bits per heavy atom. The highest BCUT2D eigenvalue weighted by Crippen LogP contribution is 2.33. The zero-order chi connectivity index (χ0) is 17.8. The van der Waals surface area contributed by atoms with Crippen molar-refractivity contribution in [3.8, 4) is 10.9 Å². The van der Waals surface area contributed by atoms with Crippen molar-refractivity contribution in [2.75, 3.05) is 14.2 Å². The number of fused-ring (bicyclic) bond motifs is 1. The zero-order valence-electron chi connectivity index (χ0n) is 13.5. The number of hydrogen-bond donors (Lipinski definition) is 1. The van der Waals surface area contributed by atoms with Crippen LogP contribution in [0.4, 0.5) is 0 Å². The van der Waals surface area contributed by atoms with Gasteiger partial charge in [-0.3, -0.25) is 9.63 Å². The van der Waals surface area contributed by atoms with E-state index in [1.807, 2.05) is 12.1 Å². The first-order valence-electron chi connectivity index (χ1n) is 7.30. The molecule has 0 fully saturated rings. The third-order valence-electron chi connectivity index (χ3n) is 3.40. The number of hydrogen-bond acceptors (Lipinski definition) is 6. The highest BCUT2D eigenvalue weighted by atomic mass is 35.5. The number of nitrogens with one attached hydrogen (secondary N) is 1. The molecule has 0 aliphatic carbocycles. The first kappa shape index (κ1) is 17.6. The quantitative estimate of drug-likeness (QED) is 0.654. The van der Waals surface area contributed by atoms with Crippen LogP contribution in [-0.4, -0.2) is 25.1 Å². The normalized spacial score (nSPS) is 12.1. The summed E-state index contributed by atoms with van der Waals surface area (Å²) >= 11 is 7.39. The molecule has 0 aliphatic rings. The first-order chi connectivity index (χ1) is 12.1. The van der Waals surface area contributed by atoms with Crippen LogP contribution in [0.1, 0.15) is 11.7 Å². The van der Waals surface area contributed by atoms with E-state index >= 15 is 0 Å². The summed E-state index contributed by atoms with van der Waals surface area (Å²) < 4.78 is 11.9. The molecule has 0 saturated heterocycles. The number of benzene rings is 2. The Balaban J connectivity index is 1.76. The summed E-state index contributed by atoms with van der Waals surface area (Å²) in [7, 11) is 2.82. The number of thiazole rings is 1. The van der Waals surface area contributed by atoms with Gasteiger partial charge in [-0.2, -0.15) is 0 Å². The predicted octanol–water partition coefficient (Wildman–Crippen LogP) is 4.11. The van der Waals surface area contributed by atoms with Crippen LogP contribution in [0.2, 0.25) is 5.02 Å². The second-order valence-corrected chi connectivity index (χ2v) is 6.48. The second-order valence-electron chi connectivity index (χ2n) is 5.05. The lowest BCUT2D eigenvalue weighted by atomic mass is 10.1. The average Bonchev–Trinajstić information content (AvgIpc) is 2.98. The summed E-state index contributed by atoms with van der Waals surface area (Å²) in [6.07, 6.45) is -0.765. The molecule has 1 unspecified atom stereocenters. The summed E-state index contributed by atoms with van der Waals surface area (Å²) in [6, 6.07) is 12.5. The highest BCUT2D eigenvalue weighted by molar-refractivity contribution is 7.20. The minimum absolute atomic E-state index is 0.387. The molecule has 1 heterocycles. The lowest BCUT2D eigenvalue weighted by molar-refractivity contribution is -0.142. The van der Waals surface area contributed by atoms with Gasteiger partial charge in [-0.15, -0.1) is 0 Å². The number of hydroxylamine groups is 1. The third-order valence-corrected chi connectivity index (χ3v) is 4.53. The molecule has 3 aromatic rings. The van der Waals surface area contributed by atoms with E-state index in [1.54, 1.807) is 30.3 Å². The van der Waals surface area contributed by atoms with E-state index in [0.717, 1.165) is 10.2 Å². The molecule has 130 valence electrons. The van der Waals surface area contributed by atoms with Crippen molar-refractivity contribution in [2.24, 2.45) is 0 Å². The van der Waals surface area contributed by atoms with E-state index in [0.29, 0.717) is 21.5 Å². The average molecular weight is 379 g/mol. The molecule has 1 N–H and O–H groups in total. The number of carbonyl (C=O) groups excluding carboxylic acids is 1. The molecule has 2 aromatic carbocycles. The Bertz CT molecular complexity index is 882. The third kappa shape index (κ3) is 4.08. The van der Waals surface area contributed by atoms with Gasteiger partial charge in [0.05, 0.1) is 17.3 Å². The summed E-state index contributed by atoms with van der Waals surface area (Å²) in [5.74, 6) is 0.220. The van der Waals surface area contributed by atoms with E-state index in [-0.39, 0.29) is 5.91 Å². The van der Waals surface area contributed by atoms with E-state index in [2.05, 4.69) is 15.3 Å². The number of ether oxygens (including phenoxy) is 2. The van der Waals surface area contributed by atoms with Gasteiger partial charge in [0.25, 0.3) is 11.1 Å². The maximum Gasteiger partial charge on any atom is 0.279 e. The van der Waals surface area contributed by atoms with Crippen molar-refractivity contribution in [1.82, 2.24) is 10.5 Å². The largest absolute Gasteiger partial charge is 0.431 e. The van der Waals surface area contributed by atoms with Gasteiger partial charge < -0.3 is 9.47 Å². The fourth-order valence-corrected chi connectivity index (χ4v) is 3.39. The van der Waals surface area contributed by atoms with Crippen molar-refractivity contribution < 1.29 is 19.1 Å². The van der Waals surface area contributed by atoms with Gasteiger partial charge in [0, 0.05) is 12.1 Å². The Morgan fingerprint density at radius 3 is 2.64 bits per heavy atom. The summed E-state index contributed by atoms with van der Waals surface area (Å²) in [4.78, 5) is 20.9. The van der Waals surface area contributed by atoms with Gasteiger partial charge in [0.1, 0.15) is 5.75 Å². The Morgan fingerprint density at radius 1 is 1.20 bits per heavy atom. The molecule has 0 radical (unpaired) electrons. The molecule has 1 atom stereocenters. The van der Waals surface area contributed by atoms with E-state index < -0.39 is 6.10 Å². The van der Waals surface area contributed by atoms with Crippen molar-refractivity contribution in [1.29, 1.82) is 0 Å². The second kappa shape index (κ2) is 7.79. The molecule has 8 heteroatoms. The summed E-state index contributed by atoms with van der Waals surface area (Å²) in [5.41, 5.74) is 3.77. The Hall–Kier alpha value is -2.19. The zero-order valence-corrected chi connectivity index (χ0v) is 15.1. The van der Waals surface area contributed by atoms with Crippen LogP contribution in [0.3, 0.4) is 0 Å². The topological polar surface area (TPSA) is 69.7 Å². The monoisotopic (exact) mass is 378 g/mol. The van der Waals surface area contributed by atoms with Gasteiger partial charge in [-0.1, -0.05) is 35.1 Å². The molecule has 1 amide bonds. The van der Waals surface area contributed by atoms with Crippen LogP contribution in [0.5, 0.6) is 10.9 Å². The molecule has 0 aliphatic heterocycles. The molecule has 0 spiro atoms. The van der Waals surface area contributed by atoms with Gasteiger partial charge in [0.2, 0.25) is 0 Å². The molecule has 1 aromatic heterocycles. The van der Waals surface area contributed by atoms with Gasteiger partial charge in [-0.25, -0.2) is 10.5 Å². The number of aromatic nitrogens is 1. The number of amides is 1. The number of rotatable bonds is 6. The molecule has 0 bridgehead atoms. The van der Waals surface area contributed by atoms with Crippen molar-refractivity contribution in [3.63, 3.8) is 0 Å². The van der Waals surface area contributed by atoms with Crippen molar-refractivity contribution in [3.05, 3.63) is 53.1 Å². The molecule has 25 heavy (non-hydrogen) atoms. The lowest BCUT2D eigenvalue weighted by Crippen LogP contribution is -2.29. The van der Waals surface area contributed by atoms with Crippen LogP contribution in [0, 0.1) is 0 Å². The summed E-state index contributed by atoms with van der Waals surface area (Å²) in [6.45, 7) is 0. The number of carbonyl (C=O) groups is 1. The maximum atomic E-state index is 11.9. The van der Waals surface area contributed by atoms with Crippen LogP contribution in [0.25, 0.3) is 10.2 Å². The standard InChI is InChI=1S/C17H15ClN2O4S/c1-22-15(16(21)20-23-2)10-3-6-12(7-4-10)24-17-19-13-8-5-11(18)9-14(13)25-17/h3-9,15H,1-2H3,(H,20,21). The highest BCUT2D eigenvalue weighted by Gasteiger charge is 2.20. The number of halogens is 1. The van der Waals surface area contributed by atoms with Crippen molar-refractivity contribution >= 4 is 39.1 Å². The molecular weight excluding hydrogens is 364 g/mol. The molecule has 0 saturated carbocycles. The lowest BCUT2D eigenvalue weighted by Gasteiger charge is -2.14. The van der Waals surface area contributed by atoms with Gasteiger partial charge in [-0.05, 0) is 35.9 Å². The number of methoxy groups -OCH3 is 1.